The van der Waals surface area contributed by atoms with Gasteiger partial charge in [-0.1, -0.05) is 23.4 Å². The molecule has 2 aromatic heterocycles. The average Bonchev–Trinajstić information content (AvgIpc) is 2.93. The SMILES string of the molecule is Nc1nc(N)c(-c2cccc3c2OC3)c(-c2ncno2)n1. The van der Waals surface area contributed by atoms with Gasteiger partial charge in [-0.3, -0.25) is 0 Å². The minimum absolute atomic E-state index is 0.0418. The molecule has 0 saturated heterocycles. The first-order chi connectivity index (χ1) is 10.2. The summed E-state index contributed by atoms with van der Waals surface area (Å²) in [5.41, 5.74) is 14.5. The molecule has 8 nitrogen and oxygen atoms in total. The maximum absolute atomic E-state index is 6.03. The lowest BCUT2D eigenvalue weighted by atomic mass is 9.98. The number of hydrogen-bond donors (Lipinski definition) is 2. The van der Waals surface area contributed by atoms with Crippen molar-refractivity contribution < 1.29 is 9.26 Å². The first-order valence-electron chi connectivity index (χ1n) is 6.19. The third kappa shape index (κ3) is 1.69. The summed E-state index contributed by atoms with van der Waals surface area (Å²) in [6.07, 6.45) is 1.29. The lowest BCUT2D eigenvalue weighted by molar-refractivity contribution is 0.245. The van der Waals surface area contributed by atoms with E-state index in [9.17, 15) is 0 Å². The van der Waals surface area contributed by atoms with Crippen molar-refractivity contribution >= 4 is 11.8 Å². The third-order valence-corrected chi connectivity index (χ3v) is 3.26. The average molecular weight is 282 g/mol. The smallest absolute Gasteiger partial charge is 0.277 e. The Morgan fingerprint density at radius 1 is 1.14 bits per heavy atom. The molecular formula is C13H10N6O2. The molecule has 0 aliphatic carbocycles. The number of aromatic nitrogens is 4. The molecule has 0 atom stereocenters. The molecule has 4 rings (SSSR count). The van der Waals surface area contributed by atoms with Gasteiger partial charge in [0.2, 0.25) is 5.95 Å². The Kier molecular flexibility index (Phi) is 2.31. The minimum atomic E-state index is 0.0418. The van der Waals surface area contributed by atoms with Gasteiger partial charge in [0.15, 0.2) is 6.33 Å². The fourth-order valence-electron chi connectivity index (χ4n) is 2.33. The number of nitrogens with two attached hydrogens (primary N) is 2. The van der Waals surface area contributed by atoms with Crippen molar-refractivity contribution in [2.45, 2.75) is 6.61 Å². The molecule has 0 radical (unpaired) electrons. The maximum atomic E-state index is 6.03. The van der Waals surface area contributed by atoms with E-state index in [1.54, 1.807) is 0 Å². The van der Waals surface area contributed by atoms with Crippen LogP contribution in [-0.2, 0) is 6.61 Å². The Bertz CT molecular complexity index is 831. The zero-order valence-corrected chi connectivity index (χ0v) is 10.8. The van der Waals surface area contributed by atoms with Crippen LogP contribution in [0.15, 0.2) is 29.0 Å². The molecule has 1 aliphatic rings. The minimum Gasteiger partial charge on any atom is -0.488 e. The van der Waals surface area contributed by atoms with Crippen LogP contribution in [0.4, 0.5) is 11.8 Å². The topological polar surface area (TPSA) is 126 Å². The standard InChI is InChI=1S/C13H10N6O2/c14-11-8(7-3-1-2-6-4-20-10(6)7)9(18-13(15)19-11)12-16-5-17-21-12/h1-3,5H,4H2,(H4,14,15,18,19). The highest BCUT2D eigenvalue weighted by atomic mass is 16.5. The highest BCUT2D eigenvalue weighted by molar-refractivity contribution is 5.89. The molecule has 3 aromatic rings. The molecule has 3 heterocycles. The number of hydrogen-bond acceptors (Lipinski definition) is 8. The van der Waals surface area contributed by atoms with Crippen molar-refractivity contribution in [3.8, 4) is 28.5 Å². The predicted octanol–water partition coefficient (Wildman–Crippen LogP) is 1.25. The Labute approximate surface area is 118 Å². The molecule has 0 bridgehead atoms. The van der Waals surface area contributed by atoms with Gasteiger partial charge in [0.25, 0.3) is 5.89 Å². The second kappa shape index (κ2) is 4.17. The summed E-state index contributed by atoms with van der Waals surface area (Å²) >= 11 is 0. The van der Waals surface area contributed by atoms with Crippen LogP contribution in [0, 0.1) is 0 Å². The van der Waals surface area contributed by atoms with Gasteiger partial charge in [0.05, 0.1) is 5.56 Å². The van der Waals surface area contributed by atoms with Crippen LogP contribution >= 0.6 is 0 Å². The van der Waals surface area contributed by atoms with E-state index in [4.69, 9.17) is 20.7 Å². The van der Waals surface area contributed by atoms with Gasteiger partial charge in [-0.15, -0.1) is 0 Å². The van der Waals surface area contributed by atoms with E-state index in [2.05, 4.69) is 20.1 Å². The van der Waals surface area contributed by atoms with Crippen molar-refractivity contribution in [1.29, 1.82) is 0 Å². The summed E-state index contributed by atoms with van der Waals surface area (Å²) in [5, 5.41) is 3.59. The van der Waals surface area contributed by atoms with E-state index in [1.807, 2.05) is 18.2 Å². The number of nitrogen functional groups attached to an aromatic ring is 2. The highest BCUT2D eigenvalue weighted by Gasteiger charge is 2.26. The summed E-state index contributed by atoms with van der Waals surface area (Å²) in [4.78, 5) is 12.2. The Balaban J connectivity index is 2.02. The van der Waals surface area contributed by atoms with Crippen molar-refractivity contribution in [2.75, 3.05) is 11.5 Å². The third-order valence-electron chi connectivity index (χ3n) is 3.26. The molecule has 0 saturated carbocycles. The van der Waals surface area contributed by atoms with Crippen LogP contribution in [0.25, 0.3) is 22.7 Å². The Morgan fingerprint density at radius 3 is 2.76 bits per heavy atom. The summed E-state index contributed by atoms with van der Waals surface area (Å²) in [6.45, 7) is 0.578. The second-order valence-corrected chi connectivity index (χ2v) is 4.52. The molecule has 4 N–H and O–H groups in total. The number of anilines is 2. The van der Waals surface area contributed by atoms with Crippen LogP contribution in [0.1, 0.15) is 5.56 Å². The molecule has 21 heavy (non-hydrogen) atoms. The van der Waals surface area contributed by atoms with Crippen molar-refractivity contribution in [3.63, 3.8) is 0 Å². The lowest BCUT2D eigenvalue weighted by Crippen LogP contribution is -2.12. The van der Waals surface area contributed by atoms with E-state index in [1.165, 1.54) is 6.33 Å². The Morgan fingerprint density at radius 2 is 2.05 bits per heavy atom. The number of rotatable bonds is 2. The molecule has 0 unspecified atom stereocenters. The second-order valence-electron chi connectivity index (χ2n) is 4.52. The van der Waals surface area contributed by atoms with Gasteiger partial charge in [-0.2, -0.15) is 9.97 Å². The van der Waals surface area contributed by atoms with Gasteiger partial charge in [-0.25, -0.2) is 4.98 Å². The maximum Gasteiger partial charge on any atom is 0.277 e. The Hall–Kier alpha value is -3.16. The molecule has 0 spiro atoms. The van der Waals surface area contributed by atoms with E-state index in [-0.39, 0.29) is 17.7 Å². The van der Waals surface area contributed by atoms with Crippen molar-refractivity contribution in [3.05, 3.63) is 30.1 Å². The number of benzene rings is 1. The van der Waals surface area contributed by atoms with Gasteiger partial charge < -0.3 is 20.7 Å². The van der Waals surface area contributed by atoms with Crippen molar-refractivity contribution in [1.82, 2.24) is 20.1 Å². The van der Waals surface area contributed by atoms with Crippen LogP contribution < -0.4 is 16.2 Å². The summed E-state index contributed by atoms with van der Waals surface area (Å²) in [7, 11) is 0. The molecule has 104 valence electrons. The van der Waals surface area contributed by atoms with E-state index in [0.29, 0.717) is 17.9 Å². The van der Waals surface area contributed by atoms with Gasteiger partial charge >= 0.3 is 0 Å². The molecule has 0 amide bonds. The van der Waals surface area contributed by atoms with Gasteiger partial charge in [0.1, 0.15) is 23.9 Å². The summed E-state index contributed by atoms with van der Waals surface area (Å²) in [5.74, 6) is 1.26. The fourth-order valence-corrected chi connectivity index (χ4v) is 2.33. The predicted molar refractivity (Wildman–Crippen MR) is 73.9 cm³/mol. The molecule has 8 heteroatoms. The highest BCUT2D eigenvalue weighted by Crippen LogP contribution is 2.44. The zero-order chi connectivity index (χ0) is 14.4. The quantitative estimate of drug-likeness (QED) is 0.719. The van der Waals surface area contributed by atoms with Gasteiger partial charge in [0, 0.05) is 11.1 Å². The van der Waals surface area contributed by atoms with Crippen LogP contribution in [0.3, 0.4) is 0 Å². The largest absolute Gasteiger partial charge is 0.488 e. The van der Waals surface area contributed by atoms with E-state index in [0.717, 1.165) is 16.9 Å². The molecule has 1 aliphatic heterocycles. The first kappa shape index (κ1) is 11.6. The van der Waals surface area contributed by atoms with Crippen LogP contribution in [0.2, 0.25) is 0 Å². The first-order valence-corrected chi connectivity index (χ1v) is 6.19. The molecule has 1 aromatic carbocycles. The number of nitrogens with zero attached hydrogens (tertiary/aromatic N) is 4. The van der Waals surface area contributed by atoms with E-state index < -0.39 is 0 Å². The lowest BCUT2D eigenvalue weighted by Gasteiger charge is -2.24. The zero-order valence-electron chi connectivity index (χ0n) is 10.8. The normalized spacial score (nSPS) is 12.4. The van der Waals surface area contributed by atoms with Crippen molar-refractivity contribution in [2.24, 2.45) is 0 Å². The van der Waals surface area contributed by atoms with Crippen LogP contribution in [0.5, 0.6) is 5.75 Å². The molecular weight excluding hydrogens is 272 g/mol. The van der Waals surface area contributed by atoms with Crippen LogP contribution in [-0.4, -0.2) is 20.1 Å². The molecule has 0 fully saturated rings. The number of ether oxygens (including phenoxy) is 1. The summed E-state index contributed by atoms with van der Waals surface area (Å²) < 4.78 is 10.6. The fraction of sp³-hybridized carbons (Fsp3) is 0.0769. The number of para-hydroxylation sites is 1. The number of fused-ring (bicyclic) bond motifs is 1. The monoisotopic (exact) mass is 282 g/mol. The van der Waals surface area contributed by atoms with Gasteiger partial charge in [-0.05, 0) is 0 Å². The summed E-state index contributed by atoms with van der Waals surface area (Å²) in [6, 6.07) is 5.79. The van der Waals surface area contributed by atoms with E-state index >= 15 is 0 Å².